The zero-order valence-corrected chi connectivity index (χ0v) is 14.4. The predicted octanol–water partition coefficient (Wildman–Crippen LogP) is 4.20. The third-order valence-electron chi connectivity index (χ3n) is 3.98. The summed E-state index contributed by atoms with van der Waals surface area (Å²) in [5.74, 6) is 1.64. The average molecular weight is 350 g/mol. The van der Waals surface area contributed by atoms with Gasteiger partial charge in [-0.25, -0.2) is 4.98 Å². The van der Waals surface area contributed by atoms with Crippen LogP contribution in [0.2, 0.25) is 0 Å². The van der Waals surface area contributed by atoms with Crippen LogP contribution in [-0.2, 0) is 6.54 Å². The maximum Gasteiger partial charge on any atom is 0.151 e. The molecular weight excluding hydrogens is 332 g/mol. The molecule has 0 amide bonds. The van der Waals surface area contributed by atoms with Crippen LogP contribution < -0.4 is 4.74 Å². The van der Waals surface area contributed by atoms with Gasteiger partial charge >= 0.3 is 0 Å². The molecule has 2 heterocycles. The van der Waals surface area contributed by atoms with Crippen molar-refractivity contribution in [2.75, 3.05) is 6.61 Å². The molecule has 0 aliphatic carbocycles. The number of benzene rings is 2. The first-order chi connectivity index (χ1) is 12.3. The predicted molar refractivity (Wildman–Crippen MR) is 101 cm³/mol. The Labute approximate surface area is 150 Å². The summed E-state index contributed by atoms with van der Waals surface area (Å²) in [6.45, 7) is 0.668. The number of thiophene rings is 1. The Morgan fingerprint density at radius 3 is 2.60 bits per heavy atom. The molecule has 0 bridgehead atoms. The Bertz CT molecular complexity index is 948. The lowest BCUT2D eigenvalue weighted by atomic mass is 10.3. The molecule has 0 saturated heterocycles. The highest BCUT2D eigenvalue weighted by molar-refractivity contribution is 7.13. The third-order valence-corrected chi connectivity index (χ3v) is 4.84. The molecule has 0 unspecified atom stereocenters. The first-order valence-electron chi connectivity index (χ1n) is 8.16. The van der Waals surface area contributed by atoms with Gasteiger partial charge in [-0.1, -0.05) is 36.4 Å². The number of fused-ring (bicyclic) bond motifs is 1. The number of aliphatic hydroxyl groups is 1. The Morgan fingerprint density at radius 2 is 1.80 bits per heavy atom. The zero-order valence-electron chi connectivity index (χ0n) is 13.6. The van der Waals surface area contributed by atoms with Gasteiger partial charge in [0.05, 0.1) is 22.5 Å². The second kappa shape index (κ2) is 7.09. The number of aromatic nitrogens is 2. The second-order valence-corrected chi connectivity index (χ2v) is 6.74. The Hall–Kier alpha value is -2.63. The topological polar surface area (TPSA) is 47.3 Å². The summed E-state index contributed by atoms with van der Waals surface area (Å²) in [7, 11) is 0. The molecule has 4 rings (SSSR count). The van der Waals surface area contributed by atoms with Crippen molar-refractivity contribution >= 4 is 22.4 Å². The molecule has 0 radical (unpaired) electrons. The maximum absolute atomic E-state index is 10.5. The van der Waals surface area contributed by atoms with E-state index in [-0.39, 0.29) is 6.61 Å². The number of imidazole rings is 1. The SMILES string of the molecule is O[C@H](COc1ccccc1)Cn1c(-c2cccs2)nc2ccccc21. The van der Waals surface area contributed by atoms with Crippen molar-refractivity contribution in [3.8, 4) is 16.5 Å². The Kier molecular flexibility index (Phi) is 4.50. The molecule has 0 fully saturated rings. The Morgan fingerprint density at radius 1 is 1.00 bits per heavy atom. The molecule has 0 aliphatic rings. The van der Waals surface area contributed by atoms with Gasteiger partial charge in [0.25, 0.3) is 0 Å². The highest BCUT2D eigenvalue weighted by atomic mass is 32.1. The maximum atomic E-state index is 10.5. The monoisotopic (exact) mass is 350 g/mol. The second-order valence-electron chi connectivity index (χ2n) is 5.79. The summed E-state index contributed by atoms with van der Waals surface area (Å²) >= 11 is 1.65. The van der Waals surface area contributed by atoms with Crippen molar-refractivity contribution < 1.29 is 9.84 Å². The summed E-state index contributed by atoms with van der Waals surface area (Å²) in [6.07, 6.45) is -0.628. The van der Waals surface area contributed by atoms with Crippen LogP contribution in [0.25, 0.3) is 21.7 Å². The van der Waals surface area contributed by atoms with Crippen LogP contribution in [0.5, 0.6) is 5.75 Å². The van der Waals surface area contributed by atoms with Gasteiger partial charge in [0.2, 0.25) is 0 Å². The smallest absolute Gasteiger partial charge is 0.151 e. The minimum Gasteiger partial charge on any atom is -0.491 e. The minimum atomic E-state index is -0.628. The van der Waals surface area contributed by atoms with Crippen molar-refractivity contribution in [3.05, 3.63) is 72.1 Å². The number of hydrogen-bond acceptors (Lipinski definition) is 4. The van der Waals surface area contributed by atoms with E-state index >= 15 is 0 Å². The van der Waals surface area contributed by atoms with E-state index in [1.54, 1.807) is 11.3 Å². The fourth-order valence-electron chi connectivity index (χ4n) is 2.83. The Balaban J connectivity index is 1.58. The minimum absolute atomic E-state index is 0.237. The molecule has 4 nitrogen and oxygen atoms in total. The quantitative estimate of drug-likeness (QED) is 0.567. The normalized spacial score (nSPS) is 12.4. The standard InChI is InChI=1S/C20H18N2O2S/c23-15(14-24-16-7-2-1-3-8-16)13-22-18-10-5-4-9-17(18)21-20(22)19-11-6-12-25-19/h1-12,15,23H,13-14H2/t15-/m0/s1. The van der Waals surface area contributed by atoms with Crippen molar-refractivity contribution in [1.82, 2.24) is 9.55 Å². The van der Waals surface area contributed by atoms with Gasteiger partial charge in [0, 0.05) is 0 Å². The summed E-state index contributed by atoms with van der Waals surface area (Å²) in [5.41, 5.74) is 1.95. The molecule has 2 aromatic carbocycles. The van der Waals surface area contributed by atoms with Gasteiger partial charge in [-0.15, -0.1) is 11.3 Å². The molecule has 126 valence electrons. The lowest BCUT2D eigenvalue weighted by molar-refractivity contribution is 0.0938. The molecular formula is C20H18N2O2S. The van der Waals surface area contributed by atoms with Gasteiger partial charge in [-0.3, -0.25) is 0 Å². The van der Waals surface area contributed by atoms with Crippen molar-refractivity contribution in [2.24, 2.45) is 0 Å². The van der Waals surface area contributed by atoms with E-state index in [2.05, 4.69) is 10.6 Å². The van der Waals surface area contributed by atoms with Crippen LogP contribution in [0.3, 0.4) is 0 Å². The van der Waals surface area contributed by atoms with Crippen molar-refractivity contribution in [3.63, 3.8) is 0 Å². The molecule has 0 saturated carbocycles. The van der Waals surface area contributed by atoms with Crippen LogP contribution in [0.1, 0.15) is 0 Å². The van der Waals surface area contributed by atoms with Gasteiger partial charge in [0.1, 0.15) is 18.5 Å². The molecule has 1 N–H and O–H groups in total. The number of rotatable bonds is 6. The first kappa shape index (κ1) is 15.9. The van der Waals surface area contributed by atoms with Crippen LogP contribution >= 0.6 is 11.3 Å². The number of aliphatic hydroxyl groups excluding tert-OH is 1. The molecule has 25 heavy (non-hydrogen) atoms. The largest absolute Gasteiger partial charge is 0.491 e. The van der Waals surface area contributed by atoms with Crippen LogP contribution in [0, 0.1) is 0 Å². The van der Waals surface area contributed by atoms with Crippen LogP contribution in [0.15, 0.2) is 72.1 Å². The molecule has 2 aromatic heterocycles. The van der Waals surface area contributed by atoms with Crippen LogP contribution in [0.4, 0.5) is 0 Å². The number of ether oxygens (including phenoxy) is 1. The summed E-state index contributed by atoms with van der Waals surface area (Å²) in [5, 5.41) is 12.5. The lowest BCUT2D eigenvalue weighted by Gasteiger charge is -2.15. The fourth-order valence-corrected chi connectivity index (χ4v) is 3.55. The highest BCUT2D eigenvalue weighted by Crippen LogP contribution is 2.28. The third kappa shape index (κ3) is 3.43. The van der Waals surface area contributed by atoms with E-state index in [1.165, 1.54) is 0 Å². The van der Waals surface area contributed by atoms with Gasteiger partial charge in [-0.05, 0) is 35.7 Å². The number of nitrogens with zero attached hydrogens (tertiary/aromatic N) is 2. The van der Waals surface area contributed by atoms with E-state index in [9.17, 15) is 5.11 Å². The number of hydrogen-bond donors (Lipinski definition) is 1. The van der Waals surface area contributed by atoms with Crippen molar-refractivity contribution in [2.45, 2.75) is 12.6 Å². The summed E-state index contributed by atoms with van der Waals surface area (Å²) in [4.78, 5) is 5.84. The van der Waals surface area contributed by atoms with Crippen LogP contribution in [-0.4, -0.2) is 27.4 Å². The average Bonchev–Trinajstić information content (AvgIpc) is 3.29. The molecule has 0 aliphatic heterocycles. The number of para-hydroxylation sites is 3. The molecule has 1 atom stereocenters. The van der Waals surface area contributed by atoms with E-state index in [1.807, 2.05) is 66.0 Å². The first-order valence-corrected chi connectivity index (χ1v) is 9.04. The van der Waals surface area contributed by atoms with E-state index in [4.69, 9.17) is 9.72 Å². The molecule has 0 spiro atoms. The van der Waals surface area contributed by atoms with Gasteiger partial charge in [-0.2, -0.15) is 0 Å². The summed E-state index contributed by atoms with van der Waals surface area (Å²) in [6, 6.07) is 21.6. The highest BCUT2D eigenvalue weighted by Gasteiger charge is 2.16. The fraction of sp³-hybridized carbons (Fsp3) is 0.150. The van der Waals surface area contributed by atoms with Crippen molar-refractivity contribution in [1.29, 1.82) is 0 Å². The van der Waals surface area contributed by atoms with Gasteiger partial charge < -0.3 is 14.4 Å². The van der Waals surface area contributed by atoms with Gasteiger partial charge in [0.15, 0.2) is 5.82 Å². The van der Waals surface area contributed by atoms with E-state index in [0.717, 1.165) is 27.5 Å². The van der Waals surface area contributed by atoms with E-state index < -0.39 is 6.10 Å². The zero-order chi connectivity index (χ0) is 17.1. The molecule has 4 aromatic rings. The lowest BCUT2D eigenvalue weighted by Crippen LogP contribution is -2.24. The molecule has 5 heteroatoms. The summed E-state index contributed by atoms with van der Waals surface area (Å²) < 4.78 is 7.75. The van der Waals surface area contributed by atoms with E-state index in [0.29, 0.717) is 6.54 Å².